The fourth-order valence-corrected chi connectivity index (χ4v) is 1.30. The van der Waals surface area contributed by atoms with Crippen LogP contribution in [0.2, 0.25) is 5.02 Å². The number of Topliss-reactive ketones (excluding diaryl/α,β-unsaturated/α-hetero) is 2. The average molecular weight is 255 g/mol. The van der Waals surface area contributed by atoms with E-state index in [1.165, 1.54) is 0 Å². The van der Waals surface area contributed by atoms with Gasteiger partial charge < -0.3 is 4.74 Å². The summed E-state index contributed by atoms with van der Waals surface area (Å²) >= 11 is 5.68. The zero-order valence-corrected chi connectivity index (χ0v) is 9.99. The third kappa shape index (κ3) is 4.00. The summed E-state index contributed by atoms with van der Waals surface area (Å²) in [6.07, 6.45) is -0.130. The van der Waals surface area contributed by atoms with Crippen molar-refractivity contribution >= 4 is 29.1 Å². The molecule has 0 amide bonds. The molecule has 0 heterocycles. The number of rotatable bonds is 5. The Bertz CT molecular complexity index is 436. The van der Waals surface area contributed by atoms with Crippen LogP contribution in [0.25, 0.3) is 0 Å². The summed E-state index contributed by atoms with van der Waals surface area (Å²) < 4.78 is 4.45. The lowest BCUT2D eigenvalue weighted by atomic mass is 10.1. The third-order valence-corrected chi connectivity index (χ3v) is 2.24. The smallest absolute Gasteiger partial charge is 0.382 e. The van der Waals surface area contributed by atoms with Crippen molar-refractivity contribution in [3.8, 4) is 0 Å². The fourth-order valence-electron chi connectivity index (χ4n) is 1.18. The van der Waals surface area contributed by atoms with E-state index in [9.17, 15) is 14.4 Å². The van der Waals surface area contributed by atoms with Gasteiger partial charge in [-0.05, 0) is 24.6 Å². The summed E-state index contributed by atoms with van der Waals surface area (Å²) in [6.45, 7) is 1.63. The van der Waals surface area contributed by atoms with Crippen LogP contribution in [0.15, 0.2) is 24.3 Å². The van der Waals surface area contributed by atoms with Crippen LogP contribution in [0.5, 0.6) is 0 Å². The Balaban J connectivity index is 2.63. The molecule has 1 aromatic carbocycles. The molecule has 0 N–H and O–H groups in total. The molecule has 0 radical (unpaired) electrons. The van der Waals surface area contributed by atoms with Gasteiger partial charge in [0.2, 0.25) is 5.78 Å². The van der Waals surface area contributed by atoms with Gasteiger partial charge in [0.05, 0.1) is 6.61 Å². The summed E-state index contributed by atoms with van der Waals surface area (Å²) in [4.78, 5) is 33.7. The number of halogens is 1. The second-order valence-electron chi connectivity index (χ2n) is 3.28. The van der Waals surface area contributed by atoms with E-state index < -0.39 is 17.5 Å². The van der Waals surface area contributed by atoms with Crippen molar-refractivity contribution in [2.24, 2.45) is 0 Å². The lowest BCUT2D eigenvalue weighted by Crippen LogP contribution is -2.27. The molecule has 1 rings (SSSR count). The standard InChI is InChI=1S/C12H11ClO4/c1-2-17-12(16)11(15)10(14)7-8-3-5-9(13)6-4-8/h3-6H,2,7H2,1H3. The zero-order valence-electron chi connectivity index (χ0n) is 9.23. The Hall–Kier alpha value is -1.68. The highest BCUT2D eigenvalue weighted by Crippen LogP contribution is 2.10. The Kier molecular flexibility index (Phi) is 4.84. The van der Waals surface area contributed by atoms with E-state index in [1.807, 2.05) is 0 Å². The van der Waals surface area contributed by atoms with Crippen molar-refractivity contribution in [2.45, 2.75) is 13.3 Å². The highest BCUT2D eigenvalue weighted by Gasteiger charge is 2.23. The van der Waals surface area contributed by atoms with Crippen molar-refractivity contribution in [3.05, 3.63) is 34.9 Å². The maximum Gasteiger partial charge on any atom is 0.382 e. The molecule has 0 saturated carbocycles. The molecule has 0 spiro atoms. The number of ether oxygens (including phenoxy) is 1. The fraction of sp³-hybridized carbons (Fsp3) is 0.250. The first-order valence-electron chi connectivity index (χ1n) is 5.03. The maximum atomic E-state index is 11.4. The molecular formula is C12H11ClO4. The number of ketones is 2. The van der Waals surface area contributed by atoms with Crippen molar-refractivity contribution in [3.63, 3.8) is 0 Å². The third-order valence-electron chi connectivity index (χ3n) is 1.99. The summed E-state index contributed by atoms with van der Waals surface area (Å²) in [5.41, 5.74) is 0.622. The predicted molar refractivity (Wildman–Crippen MR) is 61.8 cm³/mol. The van der Waals surface area contributed by atoms with Gasteiger partial charge in [0.1, 0.15) is 0 Å². The molecule has 0 aliphatic rings. The van der Waals surface area contributed by atoms with Crippen molar-refractivity contribution in [2.75, 3.05) is 6.61 Å². The molecular weight excluding hydrogens is 244 g/mol. The first kappa shape index (κ1) is 13.4. The van der Waals surface area contributed by atoms with Gasteiger partial charge >= 0.3 is 11.8 Å². The number of benzene rings is 1. The first-order valence-corrected chi connectivity index (χ1v) is 5.41. The number of carbonyl (C=O) groups is 3. The monoisotopic (exact) mass is 254 g/mol. The minimum absolute atomic E-state index is 0.0683. The quantitative estimate of drug-likeness (QED) is 0.455. The van der Waals surface area contributed by atoms with Gasteiger partial charge in [-0.3, -0.25) is 9.59 Å². The first-order chi connectivity index (χ1) is 8.04. The molecule has 0 bridgehead atoms. The Labute approximate surface area is 104 Å². The molecule has 90 valence electrons. The van der Waals surface area contributed by atoms with Crippen LogP contribution in [0.4, 0.5) is 0 Å². The van der Waals surface area contributed by atoms with E-state index in [0.717, 1.165) is 0 Å². The van der Waals surface area contributed by atoms with Gasteiger partial charge in [0, 0.05) is 11.4 Å². The molecule has 0 aliphatic heterocycles. The Morgan fingerprint density at radius 1 is 1.18 bits per heavy atom. The second kappa shape index (κ2) is 6.15. The van der Waals surface area contributed by atoms with Crippen LogP contribution in [0, 0.1) is 0 Å². The average Bonchev–Trinajstić information content (AvgIpc) is 2.31. The van der Waals surface area contributed by atoms with Gasteiger partial charge in [-0.15, -0.1) is 0 Å². The summed E-state index contributed by atoms with van der Waals surface area (Å²) in [6, 6.07) is 6.47. The van der Waals surface area contributed by atoms with E-state index in [2.05, 4.69) is 4.74 Å². The molecule has 0 saturated heterocycles. The van der Waals surface area contributed by atoms with Crippen molar-refractivity contribution < 1.29 is 19.1 Å². The van der Waals surface area contributed by atoms with E-state index >= 15 is 0 Å². The van der Waals surface area contributed by atoms with Crippen LogP contribution >= 0.6 is 11.6 Å². The number of esters is 1. The largest absolute Gasteiger partial charge is 0.460 e. The lowest BCUT2D eigenvalue weighted by Gasteiger charge is -2.01. The van der Waals surface area contributed by atoms with E-state index in [-0.39, 0.29) is 13.0 Å². The number of hydrogen-bond donors (Lipinski definition) is 0. The van der Waals surface area contributed by atoms with E-state index in [4.69, 9.17) is 11.6 Å². The Morgan fingerprint density at radius 3 is 2.29 bits per heavy atom. The normalized spacial score (nSPS) is 9.76. The van der Waals surface area contributed by atoms with Gasteiger partial charge in [-0.1, -0.05) is 23.7 Å². The summed E-state index contributed by atoms with van der Waals surface area (Å²) in [7, 11) is 0. The van der Waals surface area contributed by atoms with Gasteiger partial charge in [0.15, 0.2) is 0 Å². The van der Waals surface area contributed by atoms with Crippen LogP contribution in [0.3, 0.4) is 0 Å². The maximum absolute atomic E-state index is 11.4. The molecule has 0 fully saturated rings. The molecule has 0 aromatic heterocycles. The Morgan fingerprint density at radius 2 is 1.76 bits per heavy atom. The molecule has 17 heavy (non-hydrogen) atoms. The molecule has 4 nitrogen and oxygen atoms in total. The van der Waals surface area contributed by atoms with E-state index in [0.29, 0.717) is 10.6 Å². The molecule has 1 aromatic rings. The van der Waals surface area contributed by atoms with Crippen LogP contribution < -0.4 is 0 Å². The van der Waals surface area contributed by atoms with Crippen LogP contribution in [-0.4, -0.2) is 24.1 Å². The molecule has 0 aliphatic carbocycles. The number of hydrogen-bond acceptors (Lipinski definition) is 4. The van der Waals surface area contributed by atoms with Crippen molar-refractivity contribution in [1.82, 2.24) is 0 Å². The lowest BCUT2D eigenvalue weighted by molar-refractivity contribution is -0.156. The molecule has 0 atom stereocenters. The molecule has 5 heteroatoms. The molecule has 0 unspecified atom stereocenters. The number of carbonyl (C=O) groups excluding carboxylic acids is 3. The predicted octanol–water partition coefficient (Wildman–Crippen LogP) is 1.58. The minimum Gasteiger partial charge on any atom is -0.460 e. The highest BCUT2D eigenvalue weighted by atomic mass is 35.5. The van der Waals surface area contributed by atoms with Gasteiger partial charge in [0.25, 0.3) is 0 Å². The van der Waals surface area contributed by atoms with Crippen LogP contribution in [-0.2, 0) is 25.5 Å². The van der Waals surface area contributed by atoms with Gasteiger partial charge in [-0.25, -0.2) is 4.79 Å². The highest BCUT2D eigenvalue weighted by molar-refractivity contribution is 6.62. The second-order valence-corrected chi connectivity index (χ2v) is 3.71. The zero-order chi connectivity index (χ0) is 12.8. The van der Waals surface area contributed by atoms with Crippen molar-refractivity contribution in [1.29, 1.82) is 0 Å². The van der Waals surface area contributed by atoms with E-state index in [1.54, 1.807) is 31.2 Å². The minimum atomic E-state index is -1.12. The summed E-state index contributed by atoms with van der Waals surface area (Å²) in [5, 5.41) is 0.540. The summed E-state index contributed by atoms with van der Waals surface area (Å²) in [5.74, 6) is -3.01. The van der Waals surface area contributed by atoms with Crippen LogP contribution in [0.1, 0.15) is 12.5 Å². The van der Waals surface area contributed by atoms with Gasteiger partial charge in [-0.2, -0.15) is 0 Å². The SMILES string of the molecule is CCOC(=O)C(=O)C(=O)Cc1ccc(Cl)cc1. The topological polar surface area (TPSA) is 60.4 Å².